The minimum absolute atomic E-state index is 0.114. The average molecular weight is 307 g/mol. The van der Waals surface area contributed by atoms with E-state index in [1.54, 1.807) is 24.3 Å². The minimum atomic E-state index is -1.14. The molecule has 2 heterocycles. The van der Waals surface area contributed by atoms with Gasteiger partial charge in [-0.3, -0.25) is 9.78 Å². The number of nitrogens with one attached hydrogen (secondary N) is 1. The SMILES string of the molecule is O=C(O)c1cc(-c2ccc(Cl)cc2)c2sc(=O)[nH]c2n1. The van der Waals surface area contributed by atoms with Gasteiger partial charge in [-0.2, -0.15) is 0 Å². The quantitative estimate of drug-likeness (QED) is 0.762. The smallest absolute Gasteiger partial charge is 0.354 e. The van der Waals surface area contributed by atoms with E-state index in [0.29, 0.717) is 15.3 Å². The van der Waals surface area contributed by atoms with Gasteiger partial charge in [0.05, 0.1) is 4.70 Å². The molecule has 1 aromatic carbocycles. The first-order valence-electron chi connectivity index (χ1n) is 5.58. The molecule has 0 aliphatic heterocycles. The summed E-state index contributed by atoms with van der Waals surface area (Å²) in [5.74, 6) is -1.14. The van der Waals surface area contributed by atoms with Gasteiger partial charge in [0.1, 0.15) is 0 Å². The van der Waals surface area contributed by atoms with Crippen LogP contribution in [0.3, 0.4) is 0 Å². The number of pyridine rings is 1. The lowest BCUT2D eigenvalue weighted by Gasteiger charge is -2.04. The number of hydrogen-bond donors (Lipinski definition) is 2. The van der Waals surface area contributed by atoms with E-state index in [0.717, 1.165) is 16.9 Å². The lowest BCUT2D eigenvalue weighted by Crippen LogP contribution is -2.01. The lowest BCUT2D eigenvalue weighted by atomic mass is 10.1. The highest BCUT2D eigenvalue weighted by molar-refractivity contribution is 7.16. The van der Waals surface area contributed by atoms with E-state index >= 15 is 0 Å². The van der Waals surface area contributed by atoms with Crippen LogP contribution in [-0.2, 0) is 0 Å². The van der Waals surface area contributed by atoms with Crippen molar-refractivity contribution >= 4 is 39.3 Å². The first-order chi connectivity index (χ1) is 9.54. The van der Waals surface area contributed by atoms with E-state index in [2.05, 4.69) is 9.97 Å². The van der Waals surface area contributed by atoms with Crippen molar-refractivity contribution in [1.82, 2.24) is 9.97 Å². The van der Waals surface area contributed by atoms with E-state index < -0.39 is 5.97 Å². The van der Waals surface area contributed by atoms with Crippen LogP contribution in [0, 0.1) is 0 Å². The molecule has 3 aromatic rings. The molecule has 0 amide bonds. The molecule has 0 aliphatic carbocycles. The fraction of sp³-hybridized carbons (Fsp3) is 0. The highest BCUT2D eigenvalue weighted by atomic mass is 35.5. The van der Waals surface area contributed by atoms with Crippen LogP contribution in [0.2, 0.25) is 5.02 Å². The van der Waals surface area contributed by atoms with Gasteiger partial charge in [-0.25, -0.2) is 9.78 Å². The summed E-state index contributed by atoms with van der Waals surface area (Å²) in [6, 6.07) is 8.41. The molecule has 2 N–H and O–H groups in total. The first-order valence-corrected chi connectivity index (χ1v) is 6.77. The second-order valence-electron chi connectivity index (χ2n) is 4.06. The first kappa shape index (κ1) is 12.8. The van der Waals surface area contributed by atoms with E-state index in [1.807, 2.05) is 0 Å². The molecule has 0 fully saturated rings. The Labute approximate surface area is 121 Å². The van der Waals surface area contributed by atoms with Gasteiger partial charge in [0.25, 0.3) is 0 Å². The predicted octanol–water partition coefficient (Wildman–Crippen LogP) is 3.00. The zero-order valence-electron chi connectivity index (χ0n) is 9.88. The summed E-state index contributed by atoms with van der Waals surface area (Å²) in [6.07, 6.45) is 0. The maximum atomic E-state index is 11.5. The third-order valence-corrected chi connectivity index (χ3v) is 3.92. The van der Waals surface area contributed by atoms with Crippen molar-refractivity contribution in [2.75, 3.05) is 0 Å². The molecule has 0 spiro atoms. The summed E-state index contributed by atoms with van der Waals surface area (Å²) in [7, 11) is 0. The number of fused-ring (bicyclic) bond motifs is 1. The molecule has 0 radical (unpaired) electrons. The van der Waals surface area contributed by atoms with Crippen molar-refractivity contribution in [3.05, 3.63) is 50.7 Å². The number of carbonyl (C=O) groups is 1. The molecule has 0 unspecified atom stereocenters. The Hall–Kier alpha value is -2.18. The maximum absolute atomic E-state index is 11.5. The number of thiazole rings is 1. The van der Waals surface area contributed by atoms with Gasteiger partial charge >= 0.3 is 10.8 Å². The van der Waals surface area contributed by atoms with Gasteiger partial charge in [-0.15, -0.1) is 0 Å². The Morgan fingerprint density at radius 1 is 1.30 bits per heavy atom. The second kappa shape index (κ2) is 4.73. The number of carboxylic acid groups (broad SMARTS) is 1. The largest absolute Gasteiger partial charge is 0.477 e. The van der Waals surface area contributed by atoms with Crippen molar-refractivity contribution in [3.8, 4) is 11.1 Å². The van der Waals surface area contributed by atoms with E-state index in [1.165, 1.54) is 6.07 Å². The van der Waals surface area contributed by atoms with Crippen molar-refractivity contribution < 1.29 is 9.90 Å². The number of aromatic carboxylic acids is 1. The van der Waals surface area contributed by atoms with Crippen LogP contribution in [-0.4, -0.2) is 21.0 Å². The molecular formula is C13H7ClN2O3S. The van der Waals surface area contributed by atoms with Crippen molar-refractivity contribution in [2.45, 2.75) is 0 Å². The zero-order valence-corrected chi connectivity index (χ0v) is 11.5. The predicted molar refractivity (Wildman–Crippen MR) is 77.6 cm³/mol. The number of rotatable bonds is 2. The lowest BCUT2D eigenvalue weighted by molar-refractivity contribution is 0.0691. The highest BCUT2D eigenvalue weighted by Crippen LogP contribution is 2.30. The highest BCUT2D eigenvalue weighted by Gasteiger charge is 2.14. The Kier molecular flexibility index (Phi) is 3.04. The van der Waals surface area contributed by atoms with Crippen LogP contribution >= 0.6 is 22.9 Å². The van der Waals surface area contributed by atoms with Crippen LogP contribution in [0.1, 0.15) is 10.5 Å². The van der Waals surface area contributed by atoms with E-state index in [9.17, 15) is 9.59 Å². The van der Waals surface area contributed by atoms with E-state index in [-0.39, 0.29) is 16.2 Å². The summed E-state index contributed by atoms with van der Waals surface area (Å²) < 4.78 is 0.627. The van der Waals surface area contributed by atoms with Gasteiger partial charge in [-0.05, 0) is 23.8 Å². The summed E-state index contributed by atoms with van der Waals surface area (Å²) >= 11 is 6.84. The molecule has 5 nitrogen and oxygen atoms in total. The van der Waals surface area contributed by atoms with Gasteiger partial charge in [0.2, 0.25) is 0 Å². The Balaban J connectivity index is 2.34. The molecule has 0 saturated carbocycles. The third kappa shape index (κ3) is 2.19. The maximum Gasteiger partial charge on any atom is 0.354 e. The molecule has 2 aromatic heterocycles. The molecule has 0 aliphatic rings. The Morgan fingerprint density at radius 3 is 2.65 bits per heavy atom. The molecule has 0 bridgehead atoms. The van der Waals surface area contributed by atoms with Gasteiger partial charge < -0.3 is 5.11 Å². The average Bonchev–Trinajstić information content (AvgIpc) is 2.78. The van der Waals surface area contributed by atoms with Crippen LogP contribution in [0.5, 0.6) is 0 Å². The summed E-state index contributed by atoms with van der Waals surface area (Å²) in [5, 5.41) is 9.68. The van der Waals surface area contributed by atoms with E-state index in [4.69, 9.17) is 16.7 Å². The molecule has 3 rings (SSSR count). The van der Waals surface area contributed by atoms with Crippen molar-refractivity contribution in [2.24, 2.45) is 0 Å². The number of halogens is 1. The number of hydrogen-bond acceptors (Lipinski definition) is 4. The van der Waals surface area contributed by atoms with Crippen LogP contribution in [0.15, 0.2) is 35.1 Å². The van der Waals surface area contributed by atoms with Gasteiger partial charge in [0, 0.05) is 10.6 Å². The fourth-order valence-corrected chi connectivity index (χ4v) is 2.83. The topological polar surface area (TPSA) is 83.0 Å². The van der Waals surface area contributed by atoms with Crippen LogP contribution in [0.4, 0.5) is 0 Å². The molecule has 0 saturated heterocycles. The molecule has 20 heavy (non-hydrogen) atoms. The van der Waals surface area contributed by atoms with Gasteiger partial charge in [-0.1, -0.05) is 35.1 Å². The number of aromatic amines is 1. The molecule has 100 valence electrons. The minimum Gasteiger partial charge on any atom is -0.477 e. The van der Waals surface area contributed by atoms with Crippen molar-refractivity contribution in [3.63, 3.8) is 0 Å². The van der Waals surface area contributed by atoms with Crippen LogP contribution < -0.4 is 4.87 Å². The number of nitrogens with zero attached hydrogens (tertiary/aromatic N) is 1. The summed E-state index contributed by atoms with van der Waals surface area (Å²) in [5.41, 5.74) is 1.59. The summed E-state index contributed by atoms with van der Waals surface area (Å²) in [6.45, 7) is 0. The Morgan fingerprint density at radius 2 is 2.00 bits per heavy atom. The van der Waals surface area contributed by atoms with Crippen molar-refractivity contribution in [1.29, 1.82) is 0 Å². The number of aromatic nitrogens is 2. The number of H-pyrrole nitrogens is 1. The molecule has 7 heteroatoms. The van der Waals surface area contributed by atoms with Crippen LogP contribution in [0.25, 0.3) is 21.5 Å². The molecule has 0 atom stereocenters. The standard InChI is InChI=1S/C13H7ClN2O3S/c14-7-3-1-6(2-4-7)8-5-9(12(17)18)15-11-10(8)20-13(19)16-11/h1-5H,(H,17,18)(H,15,16,19). The second-order valence-corrected chi connectivity index (χ2v) is 5.48. The third-order valence-electron chi connectivity index (χ3n) is 2.76. The summed E-state index contributed by atoms with van der Waals surface area (Å²) in [4.78, 5) is 28.8. The number of carboxylic acids is 1. The molecular weight excluding hydrogens is 300 g/mol. The Bertz CT molecular complexity index is 867. The fourth-order valence-electron chi connectivity index (χ4n) is 1.89. The zero-order chi connectivity index (χ0) is 14.3. The number of benzene rings is 1. The monoisotopic (exact) mass is 306 g/mol. The normalized spacial score (nSPS) is 10.8. The van der Waals surface area contributed by atoms with Gasteiger partial charge in [0.15, 0.2) is 11.3 Å².